The Labute approximate surface area is 111 Å². The molecule has 96 valence electrons. The highest BCUT2D eigenvalue weighted by Gasteiger charge is 2.24. The van der Waals surface area contributed by atoms with E-state index in [2.05, 4.69) is 42.1 Å². The molecule has 1 aromatic rings. The Morgan fingerprint density at radius 1 is 1.11 bits per heavy atom. The van der Waals surface area contributed by atoms with Crippen molar-refractivity contribution in [3.05, 3.63) is 30.3 Å². The molecule has 0 saturated heterocycles. The summed E-state index contributed by atoms with van der Waals surface area (Å²) in [6.45, 7) is 0. The maximum absolute atomic E-state index is 5.80. The van der Waals surface area contributed by atoms with Crippen molar-refractivity contribution in [2.45, 2.75) is 44.6 Å². The van der Waals surface area contributed by atoms with E-state index in [-0.39, 0.29) is 6.04 Å². The van der Waals surface area contributed by atoms with Gasteiger partial charge < -0.3 is 4.90 Å². The van der Waals surface area contributed by atoms with Crippen LogP contribution in [0.2, 0.25) is 0 Å². The first kappa shape index (κ1) is 13.0. The molecular formula is C17H23N. The van der Waals surface area contributed by atoms with Crippen molar-refractivity contribution in [1.29, 1.82) is 0 Å². The van der Waals surface area contributed by atoms with Crippen molar-refractivity contribution in [3.8, 4) is 12.3 Å². The van der Waals surface area contributed by atoms with Crippen LogP contribution < -0.4 is 4.90 Å². The lowest BCUT2D eigenvalue weighted by molar-refractivity contribution is 0.415. The van der Waals surface area contributed by atoms with Gasteiger partial charge in [-0.15, -0.1) is 6.42 Å². The number of para-hydroxylation sites is 1. The van der Waals surface area contributed by atoms with Crippen molar-refractivity contribution in [3.63, 3.8) is 0 Å². The van der Waals surface area contributed by atoms with Crippen molar-refractivity contribution in [2.75, 3.05) is 11.9 Å². The summed E-state index contributed by atoms with van der Waals surface area (Å²) in [5.74, 6) is 3.68. The second-order valence-corrected chi connectivity index (χ2v) is 5.31. The topological polar surface area (TPSA) is 3.24 Å². The van der Waals surface area contributed by atoms with Crippen LogP contribution in [0.5, 0.6) is 0 Å². The number of benzene rings is 1. The van der Waals surface area contributed by atoms with Gasteiger partial charge >= 0.3 is 0 Å². The molecule has 1 atom stereocenters. The molecule has 0 aliphatic heterocycles. The Bertz CT molecular complexity index is 382. The zero-order valence-electron chi connectivity index (χ0n) is 11.3. The second-order valence-electron chi connectivity index (χ2n) is 5.31. The molecule has 1 aromatic carbocycles. The maximum atomic E-state index is 5.80. The van der Waals surface area contributed by atoms with Crippen molar-refractivity contribution >= 4 is 5.69 Å². The third kappa shape index (κ3) is 3.07. The van der Waals surface area contributed by atoms with E-state index in [4.69, 9.17) is 6.42 Å². The Balaban J connectivity index is 2.10. The number of anilines is 1. The molecule has 1 saturated carbocycles. The summed E-state index contributed by atoms with van der Waals surface area (Å²) in [6, 6.07) is 10.7. The van der Waals surface area contributed by atoms with Gasteiger partial charge in [-0.1, -0.05) is 49.8 Å². The molecule has 0 aromatic heterocycles. The lowest BCUT2D eigenvalue weighted by Gasteiger charge is -2.32. The summed E-state index contributed by atoms with van der Waals surface area (Å²) >= 11 is 0. The van der Waals surface area contributed by atoms with Crippen molar-refractivity contribution in [2.24, 2.45) is 5.92 Å². The number of hydrogen-bond donors (Lipinski definition) is 0. The van der Waals surface area contributed by atoms with E-state index in [1.54, 1.807) is 0 Å². The van der Waals surface area contributed by atoms with Crippen LogP contribution in [0.3, 0.4) is 0 Å². The second kappa shape index (κ2) is 6.50. The highest BCUT2D eigenvalue weighted by molar-refractivity contribution is 5.48. The van der Waals surface area contributed by atoms with E-state index in [0.29, 0.717) is 5.92 Å². The largest absolute Gasteiger partial charge is 0.360 e. The van der Waals surface area contributed by atoms with E-state index in [9.17, 15) is 0 Å². The smallest absolute Gasteiger partial charge is 0.0925 e. The minimum Gasteiger partial charge on any atom is -0.360 e. The lowest BCUT2D eigenvalue weighted by Crippen LogP contribution is -2.36. The highest BCUT2D eigenvalue weighted by Crippen LogP contribution is 2.29. The predicted octanol–water partition coefficient (Wildman–Crippen LogP) is 4.10. The minimum absolute atomic E-state index is 0.241. The average Bonchev–Trinajstić information content (AvgIpc) is 2.70. The molecule has 2 rings (SSSR count). The monoisotopic (exact) mass is 241 g/mol. The van der Waals surface area contributed by atoms with Gasteiger partial charge in [0.05, 0.1) is 6.04 Å². The summed E-state index contributed by atoms with van der Waals surface area (Å²) in [6.07, 6.45) is 13.8. The summed E-state index contributed by atoms with van der Waals surface area (Å²) in [4.78, 5) is 2.27. The third-order valence-corrected chi connectivity index (χ3v) is 4.10. The Morgan fingerprint density at radius 3 is 2.28 bits per heavy atom. The van der Waals surface area contributed by atoms with Gasteiger partial charge in [0, 0.05) is 12.7 Å². The molecule has 18 heavy (non-hydrogen) atoms. The van der Waals surface area contributed by atoms with E-state index < -0.39 is 0 Å². The fraction of sp³-hybridized carbons (Fsp3) is 0.529. The zero-order valence-corrected chi connectivity index (χ0v) is 11.3. The van der Waals surface area contributed by atoms with E-state index in [1.807, 2.05) is 6.07 Å². The van der Waals surface area contributed by atoms with Gasteiger partial charge in [-0.3, -0.25) is 0 Å². The molecule has 0 unspecified atom stereocenters. The first-order valence-corrected chi connectivity index (χ1v) is 7.07. The van der Waals surface area contributed by atoms with Crippen LogP contribution in [0.1, 0.15) is 38.5 Å². The molecule has 0 heterocycles. The standard InChI is InChI=1S/C17H23N/c1-3-17(15-11-7-4-5-8-12-15)18(2)16-13-9-6-10-14-16/h1,6,9-10,13-15,17H,4-5,7-8,11-12H2,2H3/t17-/m0/s1. The van der Waals surface area contributed by atoms with Gasteiger partial charge in [0.2, 0.25) is 0 Å². The van der Waals surface area contributed by atoms with E-state index >= 15 is 0 Å². The number of terminal acetylenes is 1. The number of hydrogen-bond acceptors (Lipinski definition) is 1. The SMILES string of the molecule is C#C[C@@H](C1CCCCCC1)N(C)c1ccccc1. The highest BCUT2D eigenvalue weighted by atomic mass is 15.1. The molecule has 1 aliphatic rings. The first-order valence-electron chi connectivity index (χ1n) is 7.07. The predicted molar refractivity (Wildman–Crippen MR) is 78.7 cm³/mol. The Morgan fingerprint density at radius 2 is 1.72 bits per heavy atom. The number of rotatable bonds is 3. The zero-order chi connectivity index (χ0) is 12.8. The van der Waals surface area contributed by atoms with E-state index in [0.717, 1.165) is 0 Å². The first-order chi connectivity index (χ1) is 8.83. The van der Waals surface area contributed by atoms with Gasteiger partial charge in [-0.25, -0.2) is 0 Å². The fourth-order valence-electron chi connectivity index (χ4n) is 3.01. The van der Waals surface area contributed by atoms with Crippen LogP contribution in [0, 0.1) is 18.3 Å². The van der Waals surface area contributed by atoms with Crippen LogP contribution >= 0.6 is 0 Å². The minimum atomic E-state index is 0.241. The van der Waals surface area contributed by atoms with Gasteiger partial charge in [0.15, 0.2) is 0 Å². The molecule has 0 bridgehead atoms. The lowest BCUT2D eigenvalue weighted by atomic mass is 9.91. The summed E-state index contributed by atoms with van der Waals surface area (Å²) < 4.78 is 0. The molecule has 1 fully saturated rings. The quantitative estimate of drug-likeness (QED) is 0.569. The van der Waals surface area contributed by atoms with Crippen LogP contribution in [-0.2, 0) is 0 Å². The number of nitrogens with zero attached hydrogens (tertiary/aromatic N) is 1. The molecule has 0 N–H and O–H groups in total. The van der Waals surface area contributed by atoms with Crippen LogP contribution in [-0.4, -0.2) is 13.1 Å². The fourth-order valence-corrected chi connectivity index (χ4v) is 3.01. The Kier molecular flexibility index (Phi) is 4.70. The molecule has 1 nitrogen and oxygen atoms in total. The van der Waals surface area contributed by atoms with Gasteiger partial charge in [-0.2, -0.15) is 0 Å². The van der Waals surface area contributed by atoms with Crippen LogP contribution in [0.25, 0.3) is 0 Å². The molecule has 1 aliphatic carbocycles. The van der Waals surface area contributed by atoms with Crippen molar-refractivity contribution < 1.29 is 0 Å². The molecule has 0 radical (unpaired) electrons. The third-order valence-electron chi connectivity index (χ3n) is 4.10. The van der Waals surface area contributed by atoms with Crippen LogP contribution in [0.15, 0.2) is 30.3 Å². The molecule has 0 spiro atoms. The maximum Gasteiger partial charge on any atom is 0.0925 e. The molecule has 0 amide bonds. The van der Waals surface area contributed by atoms with Gasteiger partial charge in [0.25, 0.3) is 0 Å². The normalized spacial score (nSPS) is 18.7. The average molecular weight is 241 g/mol. The van der Waals surface area contributed by atoms with Gasteiger partial charge in [0.1, 0.15) is 0 Å². The Hall–Kier alpha value is -1.42. The molecule has 1 heteroatoms. The summed E-state index contributed by atoms with van der Waals surface area (Å²) in [5.41, 5.74) is 1.23. The summed E-state index contributed by atoms with van der Waals surface area (Å²) in [5, 5.41) is 0. The summed E-state index contributed by atoms with van der Waals surface area (Å²) in [7, 11) is 2.13. The van der Waals surface area contributed by atoms with E-state index in [1.165, 1.54) is 44.2 Å². The van der Waals surface area contributed by atoms with Crippen molar-refractivity contribution in [1.82, 2.24) is 0 Å². The van der Waals surface area contributed by atoms with Crippen LogP contribution in [0.4, 0.5) is 5.69 Å². The van der Waals surface area contributed by atoms with Gasteiger partial charge in [-0.05, 0) is 30.9 Å². The molecular weight excluding hydrogens is 218 g/mol.